The van der Waals surface area contributed by atoms with Crippen LogP contribution in [-0.4, -0.2) is 11.8 Å². The van der Waals surface area contributed by atoms with E-state index in [1.54, 1.807) is 0 Å². The van der Waals surface area contributed by atoms with E-state index in [0.29, 0.717) is 3.79 Å². The van der Waals surface area contributed by atoms with Crippen molar-refractivity contribution in [2.75, 3.05) is 0 Å². The molecule has 0 saturated carbocycles. The van der Waals surface area contributed by atoms with E-state index in [1.165, 1.54) is 6.07 Å². The first kappa shape index (κ1) is 10.2. The summed E-state index contributed by atoms with van der Waals surface area (Å²) in [4.78, 5) is 22.1. The van der Waals surface area contributed by atoms with Crippen molar-refractivity contribution in [3.8, 4) is 0 Å². The molecule has 0 bridgehead atoms. The molecule has 0 aliphatic rings. The lowest BCUT2D eigenvalue weighted by Gasteiger charge is -1.96. The van der Waals surface area contributed by atoms with Crippen molar-refractivity contribution >= 4 is 39.1 Å². The highest BCUT2D eigenvalue weighted by molar-refractivity contribution is 9.11. The van der Waals surface area contributed by atoms with E-state index < -0.39 is 11.8 Å². The minimum absolute atomic E-state index is 0.187. The van der Waals surface area contributed by atoms with Gasteiger partial charge in [-0.05, 0) is 22.0 Å². The van der Waals surface area contributed by atoms with Gasteiger partial charge in [0.25, 0.3) is 11.8 Å². The number of rotatable bonds is 2. The van der Waals surface area contributed by atoms with Crippen LogP contribution in [0.15, 0.2) is 9.85 Å². The molecule has 0 aliphatic carbocycles. The Morgan fingerprint density at radius 1 is 1.54 bits per heavy atom. The van der Waals surface area contributed by atoms with Crippen LogP contribution in [-0.2, 0) is 0 Å². The average Bonchev–Trinajstić information content (AvgIpc) is 2.46. The summed E-state index contributed by atoms with van der Waals surface area (Å²) < 4.78 is 0.653. The normalized spacial score (nSPS) is 9.69. The topological polar surface area (TPSA) is 98.2 Å². The molecule has 0 atom stereocenters. The molecule has 1 aromatic rings. The van der Waals surface area contributed by atoms with Crippen LogP contribution in [0.3, 0.4) is 0 Å². The van der Waals surface area contributed by atoms with Gasteiger partial charge in [0.1, 0.15) is 4.88 Å². The number of carbonyl (C=O) groups excluding carboxylic acids is 2. The number of amides is 2. The molecule has 0 saturated heterocycles. The third-order valence-electron chi connectivity index (χ3n) is 1.30. The molecule has 0 radical (unpaired) electrons. The smallest absolute Gasteiger partial charge is 0.266 e. The largest absolute Gasteiger partial charge is 0.365 e. The number of hydrogen-bond acceptors (Lipinski definition) is 4. The zero-order valence-electron chi connectivity index (χ0n) is 6.33. The third-order valence-corrected chi connectivity index (χ3v) is 2.95. The molecule has 0 spiro atoms. The maximum absolute atomic E-state index is 11.1. The van der Waals surface area contributed by atoms with E-state index >= 15 is 0 Å². The van der Waals surface area contributed by atoms with Gasteiger partial charge in [0.15, 0.2) is 0 Å². The third kappa shape index (κ3) is 2.06. The monoisotopic (exact) mass is 263 g/mol. The minimum Gasteiger partial charge on any atom is -0.365 e. The van der Waals surface area contributed by atoms with E-state index in [9.17, 15) is 9.59 Å². The van der Waals surface area contributed by atoms with E-state index in [2.05, 4.69) is 15.9 Å². The second-order valence-corrected chi connectivity index (χ2v) is 4.56. The molecule has 0 unspecified atom stereocenters. The fraction of sp³-hybridized carbons (Fsp3) is 0. The Balaban J connectivity index is 3.19. The van der Waals surface area contributed by atoms with Crippen LogP contribution in [0.4, 0.5) is 0 Å². The van der Waals surface area contributed by atoms with Gasteiger partial charge in [-0.2, -0.15) is 0 Å². The van der Waals surface area contributed by atoms with Crippen LogP contribution >= 0.6 is 27.3 Å². The van der Waals surface area contributed by atoms with Crippen molar-refractivity contribution in [1.82, 2.24) is 5.43 Å². The van der Waals surface area contributed by atoms with E-state index in [-0.39, 0.29) is 10.4 Å². The maximum atomic E-state index is 11.1. The summed E-state index contributed by atoms with van der Waals surface area (Å²) in [6, 6.07) is 1.49. The van der Waals surface area contributed by atoms with Crippen LogP contribution < -0.4 is 17.0 Å². The van der Waals surface area contributed by atoms with Gasteiger partial charge in [-0.25, -0.2) is 5.84 Å². The molecule has 0 aromatic carbocycles. The zero-order valence-corrected chi connectivity index (χ0v) is 8.74. The predicted octanol–water partition coefficient (Wildman–Crippen LogP) is 0.213. The Bertz CT molecular complexity index is 363. The molecule has 1 heterocycles. The molecule has 1 rings (SSSR count). The summed E-state index contributed by atoms with van der Waals surface area (Å²) in [7, 11) is 0. The van der Waals surface area contributed by atoms with Crippen molar-refractivity contribution < 1.29 is 9.59 Å². The molecule has 13 heavy (non-hydrogen) atoms. The molecule has 0 fully saturated rings. The average molecular weight is 264 g/mol. The Kier molecular flexibility index (Phi) is 3.02. The van der Waals surface area contributed by atoms with Crippen molar-refractivity contribution in [2.24, 2.45) is 11.6 Å². The van der Waals surface area contributed by atoms with Gasteiger partial charge >= 0.3 is 0 Å². The molecule has 0 aliphatic heterocycles. The van der Waals surface area contributed by atoms with E-state index in [4.69, 9.17) is 11.6 Å². The predicted molar refractivity (Wildman–Crippen MR) is 52.2 cm³/mol. The highest BCUT2D eigenvalue weighted by Gasteiger charge is 2.17. The second kappa shape index (κ2) is 3.86. The number of thiophene rings is 1. The van der Waals surface area contributed by atoms with Gasteiger partial charge in [0.05, 0.1) is 9.35 Å². The molecule has 2 amide bonds. The molecule has 7 heteroatoms. The van der Waals surface area contributed by atoms with Crippen molar-refractivity contribution in [2.45, 2.75) is 0 Å². The summed E-state index contributed by atoms with van der Waals surface area (Å²) in [6.07, 6.45) is 0. The van der Waals surface area contributed by atoms with Crippen molar-refractivity contribution in [1.29, 1.82) is 0 Å². The standard InChI is InChI=1S/C6H6BrN3O2S/c7-3-1-2(6(12)10-9)4(13-3)5(8)11/h1H,9H2,(H2,8,11)(H,10,12). The number of hydrogen-bond donors (Lipinski definition) is 3. The number of nitrogen functional groups attached to an aromatic ring is 1. The van der Waals surface area contributed by atoms with Gasteiger partial charge in [-0.3, -0.25) is 15.0 Å². The SMILES string of the molecule is NNC(=O)c1cc(Br)sc1C(N)=O. The van der Waals surface area contributed by atoms with Crippen LogP contribution in [0.2, 0.25) is 0 Å². The molecule has 70 valence electrons. The summed E-state index contributed by atoms with van der Waals surface area (Å²) in [5.41, 5.74) is 7.17. The van der Waals surface area contributed by atoms with Crippen molar-refractivity contribution in [3.63, 3.8) is 0 Å². The number of primary amides is 1. The van der Waals surface area contributed by atoms with E-state index in [1.807, 2.05) is 5.43 Å². The number of nitrogens with two attached hydrogens (primary N) is 2. The second-order valence-electron chi connectivity index (χ2n) is 2.13. The van der Waals surface area contributed by atoms with Gasteiger partial charge in [0, 0.05) is 0 Å². The maximum Gasteiger partial charge on any atom is 0.266 e. The van der Waals surface area contributed by atoms with Gasteiger partial charge in [-0.1, -0.05) is 0 Å². The fourth-order valence-corrected chi connectivity index (χ4v) is 2.24. The van der Waals surface area contributed by atoms with Gasteiger partial charge < -0.3 is 5.73 Å². The van der Waals surface area contributed by atoms with Crippen LogP contribution in [0, 0.1) is 0 Å². The Hall–Kier alpha value is -0.920. The quantitative estimate of drug-likeness (QED) is 0.404. The Morgan fingerprint density at radius 3 is 2.62 bits per heavy atom. The summed E-state index contributed by atoms with van der Waals surface area (Å²) >= 11 is 4.23. The highest BCUT2D eigenvalue weighted by Crippen LogP contribution is 2.26. The summed E-state index contributed by atoms with van der Waals surface area (Å²) in [6.45, 7) is 0. The minimum atomic E-state index is -0.644. The lowest BCUT2D eigenvalue weighted by molar-refractivity contribution is 0.0938. The highest BCUT2D eigenvalue weighted by atomic mass is 79.9. The van der Waals surface area contributed by atoms with Gasteiger partial charge in [-0.15, -0.1) is 11.3 Å². The Labute approximate surface area is 86.2 Å². The molecular weight excluding hydrogens is 258 g/mol. The molecular formula is C6H6BrN3O2S. The summed E-state index contributed by atoms with van der Waals surface area (Å²) in [5.74, 6) is 3.74. The molecule has 1 aromatic heterocycles. The van der Waals surface area contributed by atoms with Crippen LogP contribution in [0.1, 0.15) is 20.0 Å². The Morgan fingerprint density at radius 2 is 2.15 bits per heavy atom. The first-order valence-electron chi connectivity index (χ1n) is 3.16. The first-order chi connectivity index (χ1) is 6.06. The lowest BCUT2D eigenvalue weighted by atomic mass is 10.2. The van der Waals surface area contributed by atoms with E-state index in [0.717, 1.165) is 11.3 Å². The van der Waals surface area contributed by atoms with Gasteiger partial charge in [0.2, 0.25) is 0 Å². The number of carbonyl (C=O) groups is 2. The van der Waals surface area contributed by atoms with Crippen LogP contribution in [0.25, 0.3) is 0 Å². The molecule has 5 nitrogen and oxygen atoms in total. The number of halogens is 1. The first-order valence-corrected chi connectivity index (χ1v) is 4.77. The lowest BCUT2D eigenvalue weighted by Crippen LogP contribution is -2.31. The number of hydrazine groups is 1. The number of nitrogens with one attached hydrogen (secondary N) is 1. The molecule has 5 N–H and O–H groups in total. The fourth-order valence-electron chi connectivity index (χ4n) is 0.790. The zero-order chi connectivity index (χ0) is 10.0. The van der Waals surface area contributed by atoms with Crippen molar-refractivity contribution in [3.05, 3.63) is 20.3 Å². The summed E-state index contributed by atoms with van der Waals surface area (Å²) in [5, 5.41) is 0. The van der Waals surface area contributed by atoms with Crippen LogP contribution in [0.5, 0.6) is 0 Å².